The van der Waals surface area contributed by atoms with Gasteiger partial charge in [-0.3, -0.25) is 4.79 Å². The summed E-state index contributed by atoms with van der Waals surface area (Å²) in [6.45, 7) is 2.15. The van der Waals surface area contributed by atoms with Crippen LogP contribution in [0.4, 0.5) is 0 Å². The number of aromatic amines is 1. The third-order valence-corrected chi connectivity index (χ3v) is 4.56. The Labute approximate surface area is 135 Å². The zero-order valence-electron chi connectivity index (χ0n) is 12.1. The third-order valence-electron chi connectivity index (χ3n) is 4.10. The average molecular weight is 366 g/mol. The second-order valence-corrected chi connectivity index (χ2v) is 6.37. The van der Waals surface area contributed by atoms with Crippen molar-refractivity contribution in [3.8, 4) is 0 Å². The molecule has 6 heteroatoms. The van der Waals surface area contributed by atoms with Gasteiger partial charge in [0.05, 0.1) is 18.1 Å². The van der Waals surface area contributed by atoms with Crippen molar-refractivity contribution in [1.82, 2.24) is 4.98 Å². The maximum Gasteiger partial charge on any atom is 0.336 e. The first-order valence-electron chi connectivity index (χ1n) is 7.24. The normalized spacial score (nSPS) is 17.3. The van der Waals surface area contributed by atoms with Crippen LogP contribution in [0, 0.1) is 5.92 Å². The Balaban J connectivity index is 2.09. The lowest BCUT2D eigenvalue weighted by molar-refractivity contribution is -0.148. The summed E-state index contributed by atoms with van der Waals surface area (Å²) >= 11 is 3.34. The fourth-order valence-corrected chi connectivity index (χ4v) is 3.61. The molecule has 1 aromatic heterocycles. The highest BCUT2D eigenvalue weighted by molar-refractivity contribution is 9.10. The van der Waals surface area contributed by atoms with E-state index in [1.807, 2.05) is 6.07 Å². The lowest BCUT2D eigenvalue weighted by Crippen LogP contribution is -2.24. The summed E-state index contributed by atoms with van der Waals surface area (Å²) in [5.41, 5.74) is 3.01. The number of H-pyrrole nitrogens is 1. The number of rotatable bonds is 3. The van der Waals surface area contributed by atoms with Crippen LogP contribution in [-0.4, -0.2) is 28.6 Å². The summed E-state index contributed by atoms with van der Waals surface area (Å²) < 4.78 is 5.83. The van der Waals surface area contributed by atoms with E-state index in [1.165, 1.54) is 0 Å². The van der Waals surface area contributed by atoms with Crippen molar-refractivity contribution in [2.45, 2.75) is 26.2 Å². The van der Waals surface area contributed by atoms with Crippen LogP contribution in [0.5, 0.6) is 0 Å². The molecule has 1 unspecified atom stereocenters. The molecule has 1 aliphatic rings. The van der Waals surface area contributed by atoms with E-state index in [-0.39, 0.29) is 17.5 Å². The summed E-state index contributed by atoms with van der Waals surface area (Å²) in [6.07, 6.45) is 1.97. The molecule has 0 aliphatic heterocycles. The first-order chi connectivity index (χ1) is 10.5. The molecule has 1 atom stereocenters. The summed E-state index contributed by atoms with van der Waals surface area (Å²) in [4.78, 5) is 26.8. The molecule has 0 saturated carbocycles. The van der Waals surface area contributed by atoms with Gasteiger partial charge in [-0.25, -0.2) is 4.79 Å². The predicted molar refractivity (Wildman–Crippen MR) is 85.1 cm³/mol. The van der Waals surface area contributed by atoms with Gasteiger partial charge < -0.3 is 14.8 Å². The van der Waals surface area contributed by atoms with Crippen LogP contribution < -0.4 is 0 Å². The number of esters is 1. The maximum atomic E-state index is 12.0. The fourth-order valence-electron chi connectivity index (χ4n) is 3.16. The molecule has 2 N–H and O–H groups in total. The second-order valence-electron chi connectivity index (χ2n) is 5.45. The molecule has 0 spiro atoms. The molecule has 0 bridgehead atoms. The second kappa shape index (κ2) is 5.76. The average Bonchev–Trinajstić information content (AvgIpc) is 2.83. The SMILES string of the molecule is CCOC(=O)C1CCc2[nH]c3cc(Br)cc(C(=O)O)c3c2C1. The van der Waals surface area contributed by atoms with Crippen LogP contribution in [0.2, 0.25) is 0 Å². The third kappa shape index (κ3) is 2.52. The Bertz CT molecular complexity index is 765. The number of carboxylic acid groups (broad SMARTS) is 1. The predicted octanol–water partition coefficient (Wildman–Crippen LogP) is 3.30. The first kappa shape index (κ1) is 15.1. The number of fused-ring (bicyclic) bond motifs is 3. The number of aryl methyl sites for hydroxylation is 1. The van der Waals surface area contributed by atoms with Gasteiger partial charge in [0, 0.05) is 21.1 Å². The fraction of sp³-hybridized carbons (Fsp3) is 0.375. The van der Waals surface area contributed by atoms with Crippen molar-refractivity contribution in [2.75, 3.05) is 6.61 Å². The van der Waals surface area contributed by atoms with Gasteiger partial charge in [0.2, 0.25) is 0 Å². The smallest absolute Gasteiger partial charge is 0.336 e. The van der Waals surface area contributed by atoms with E-state index in [9.17, 15) is 14.7 Å². The molecular formula is C16H16BrNO4. The maximum absolute atomic E-state index is 12.0. The summed E-state index contributed by atoms with van der Waals surface area (Å²) in [6, 6.07) is 3.48. The van der Waals surface area contributed by atoms with Crippen molar-refractivity contribution in [2.24, 2.45) is 5.92 Å². The van der Waals surface area contributed by atoms with Gasteiger partial charge >= 0.3 is 11.9 Å². The minimum absolute atomic E-state index is 0.197. The standard InChI is InChI=1S/C16H16BrNO4/c1-2-22-16(21)8-3-4-12-10(5-8)14-11(15(19)20)6-9(17)7-13(14)18-12/h6-8,18H,2-5H2,1H3,(H,19,20). The Morgan fingerprint density at radius 2 is 2.23 bits per heavy atom. The minimum Gasteiger partial charge on any atom is -0.478 e. The largest absolute Gasteiger partial charge is 0.478 e. The number of carboxylic acids is 1. The van der Waals surface area contributed by atoms with Gasteiger partial charge in [-0.05, 0) is 43.9 Å². The molecule has 0 amide bonds. The Kier molecular flexibility index (Phi) is 3.95. The first-order valence-corrected chi connectivity index (χ1v) is 8.03. The number of hydrogen-bond acceptors (Lipinski definition) is 3. The van der Waals surface area contributed by atoms with Crippen molar-refractivity contribution >= 4 is 38.8 Å². The van der Waals surface area contributed by atoms with Gasteiger partial charge in [0.25, 0.3) is 0 Å². The quantitative estimate of drug-likeness (QED) is 0.817. The number of hydrogen-bond donors (Lipinski definition) is 2. The van der Waals surface area contributed by atoms with Crippen LogP contribution in [0.1, 0.15) is 35.0 Å². The number of benzene rings is 1. The Morgan fingerprint density at radius 1 is 1.45 bits per heavy atom. The molecule has 1 heterocycles. The van der Waals surface area contributed by atoms with E-state index in [0.717, 1.165) is 34.1 Å². The van der Waals surface area contributed by atoms with E-state index < -0.39 is 5.97 Å². The van der Waals surface area contributed by atoms with Crippen LogP contribution in [0.15, 0.2) is 16.6 Å². The molecule has 5 nitrogen and oxygen atoms in total. The molecule has 22 heavy (non-hydrogen) atoms. The number of halogens is 1. The van der Waals surface area contributed by atoms with Gasteiger partial charge in [0.15, 0.2) is 0 Å². The Hall–Kier alpha value is -1.82. The number of ether oxygens (including phenoxy) is 1. The van der Waals surface area contributed by atoms with Crippen molar-refractivity contribution in [1.29, 1.82) is 0 Å². The number of aromatic nitrogens is 1. The number of carbonyl (C=O) groups excluding carboxylic acids is 1. The topological polar surface area (TPSA) is 79.4 Å². The molecule has 0 radical (unpaired) electrons. The molecule has 2 aromatic rings. The van der Waals surface area contributed by atoms with Crippen LogP contribution in [0.25, 0.3) is 10.9 Å². The zero-order valence-corrected chi connectivity index (χ0v) is 13.7. The van der Waals surface area contributed by atoms with Crippen molar-refractivity contribution in [3.05, 3.63) is 33.4 Å². The van der Waals surface area contributed by atoms with Gasteiger partial charge in [-0.2, -0.15) is 0 Å². The summed E-state index contributed by atoms with van der Waals surface area (Å²) in [7, 11) is 0. The van der Waals surface area contributed by atoms with E-state index in [2.05, 4.69) is 20.9 Å². The molecular weight excluding hydrogens is 350 g/mol. The minimum atomic E-state index is -0.966. The van der Waals surface area contributed by atoms with Gasteiger partial charge in [-0.15, -0.1) is 0 Å². The zero-order chi connectivity index (χ0) is 15.9. The van der Waals surface area contributed by atoms with Gasteiger partial charge in [0.1, 0.15) is 0 Å². The lowest BCUT2D eigenvalue weighted by atomic mass is 9.85. The monoisotopic (exact) mass is 365 g/mol. The van der Waals surface area contributed by atoms with E-state index in [1.54, 1.807) is 13.0 Å². The van der Waals surface area contributed by atoms with E-state index >= 15 is 0 Å². The summed E-state index contributed by atoms with van der Waals surface area (Å²) in [5, 5.41) is 10.2. The lowest BCUT2D eigenvalue weighted by Gasteiger charge is -2.21. The van der Waals surface area contributed by atoms with E-state index in [0.29, 0.717) is 18.4 Å². The van der Waals surface area contributed by atoms with Crippen LogP contribution >= 0.6 is 15.9 Å². The molecule has 1 aromatic carbocycles. The number of nitrogens with one attached hydrogen (secondary N) is 1. The molecule has 116 valence electrons. The highest BCUT2D eigenvalue weighted by atomic mass is 79.9. The highest BCUT2D eigenvalue weighted by Gasteiger charge is 2.30. The van der Waals surface area contributed by atoms with Gasteiger partial charge in [-0.1, -0.05) is 15.9 Å². The Morgan fingerprint density at radius 3 is 2.91 bits per heavy atom. The van der Waals surface area contributed by atoms with Crippen molar-refractivity contribution in [3.63, 3.8) is 0 Å². The molecule has 3 rings (SSSR count). The van der Waals surface area contributed by atoms with Crippen LogP contribution in [0.3, 0.4) is 0 Å². The highest BCUT2D eigenvalue weighted by Crippen LogP contribution is 2.35. The van der Waals surface area contributed by atoms with E-state index in [4.69, 9.17) is 4.74 Å². The summed E-state index contributed by atoms with van der Waals surface area (Å²) in [5.74, 6) is -1.36. The number of carbonyl (C=O) groups is 2. The molecule has 0 fully saturated rings. The van der Waals surface area contributed by atoms with Crippen molar-refractivity contribution < 1.29 is 19.4 Å². The molecule has 0 saturated heterocycles. The van der Waals surface area contributed by atoms with Crippen LogP contribution in [-0.2, 0) is 22.4 Å². The number of aromatic carboxylic acids is 1. The molecule has 1 aliphatic carbocycles.